The molecule has 108 valence electrons. The number of nitrogens with zero attached hydrogens (tertiary/aromatic N) is 1. The number of para-hydroxylation sites is 3. The summed E-state index contributed by atoms with van der Waals surface area (Å²) in [6, 6.07) is 15.6. The zero-order valence-electron chi connectivity index (χ0n) is 11.9. The largest absolute Gasteiger partial charge is 0.465 e. The van der Waals surface area contributed by atoms with Crippen molar-refractivity contribution in [2.24, 2.45) is 0 Å². The lowest BCUT2D eigenvalue weighted by molar-refractivity contribution is -0.141. The minimum Gasteiger partial charge on any atom is -0.465 e. The zero-order valence-corrected chi connectivity index (χ0v) is 11.9. The number of rotatable bonds is 3. The van der Waals surface area contributed by atoms with Gasteiger partial charge in [-0.15, -0.1) is 0 Å². The molecule has 1 aliphatic heterocycles. The Kier molecular flexibility index (Phi) is 3.77. The SMILES string of the molecule is CCOC(=O)CN1Cc2ccccc2Oc2ccccc21. The van der Waals surface area contributed by atoms with Crippen LogP contribution in [0, 0.1) is 0 Å². The third-order valence-corrected chi connectivity index (χ3v) is 3.38. The monoisotopic (exact) mass is 283 g/mol. The predicted molar refractivity (Wildman–Crippen MR) is 80.6 cm³/mol. The van der Waals surface area contributed by atoms with Crippen LogP contribution < -0.4 is 9.64 Å². The Labute approximate surface area is 123 Å². The standard InChI is InChI=1S/C17H17NO3/c1-2-20-17(19)12-18-11-13-7-3-5-9-15(13)21-16-10-6-4-8-14(16)18/h3-10H,2,11-12H2,1H3. The number of hydrogen-bond donors (Lipinski definition) is 0. The van der Waals surface area contributed by atoms with Crippen molar-refractivity contribution in [2.45, 2.75) is 13.5 Å². The van der Waals surface area contributed by atoms with Crippen LogP contribution in [-0.4, -0.2) is 19.1 Å². The van der Waals surface area contributed by atoms with Gasteiger partial charge in [-0.1, -0.05) is 30.3 Å². The fourth-order valence-electron chi connectivity index (χ4n) is 2.45. The maximum atomic E-state index is 11.8. The Morgan fingerprint density at radius 1 is 1.14 bits per heavy atom. The highest BCUT2D eigenvalue weighted by molar-refractivity contribution is 5.77. The molecule has 3 rings (SSSR count). The van der Waals surface area contributed by atoms with E-state index in [1.54, 1.807) is 0 Å². The van der Waals surface area contributed by atoms with Crippen molar-refractivity contribution in [3.63, 3.8) is 0 Å². The summed E-state index contributed by atoms with van der Waals surface area (Å²) in [4.78, 5) is 13.8. The van der Waals surface area contributed by atoms with Crippen molar-refractivity contribution >= 4 is 11.7 Å². The molecular formula is C17H17NO3. The lowest BCUT2D eigenvalue weighted by Crippen LogP contribution is -2.30. The maximum Gasteiger partial charge on any atom is 0.325 e. The number of carbonyl (C=O) groups is 1. The molecule has 4 heteroatoms. The van der Waals surface area contributed by atoms with E-state index in [0.717, 1.165) is 22.7 Å². The minimum absolute atomic E-state index is 0.211. The van der Waals surface area contributed by atoms with Gasteiger partial charge in [-0.3, -0.25) is 4.79 Å². The molecule has 0 aliphatic carbocycles. The van der Waals surface area contributed by atoms with Crippen LogP contribution in [0.3, 0.4) is 0 Å². The molecule has 1 heterocycles. The number of esters is 1. The first kappa shape index (κ1) is 13.5. The highest BCUT2D eigenvalue weighted by Gasteiger charge is 2.22. The van der Waals surface area contributed by atoms with Gasteiger partial charge >= 0.3 is 5.97 Å². The molecule has 0 saturated heterocycles. The van der Waals surface area contributed by atoms with Gasteiger partial charge in [-0.25, -0.2) is 0 Å². The molecule has 0 saturated carbocycles. The van der Waals surface area contributed by atoms with Crippen LogP contribution in [0.1, 0.15) is 12.5 Å². The molecule has 0 radical (unpaired) electrons. The normalized spacial score (nSPS) is 12.7. The summed E-state index contributed by atoms with van der Waals surface area (Å²) in [5, 5.41) is 0. The van der Waals surface area contributed by atoms with E-state index in [4.69, 9.17) is 9.47 Å². The van der Waals surface area contributed by atoms with Crippen LogP contribution >= 0.6 is 0 Å². The number of hydrogen-bond acceptors (Lipinski definition) is 4. The van der Waals surface area contributed by atoms with Crippen LogP contribution in [-0.2, 0) is 16.1 Å². The zero-order chi connectivity index (χ0) is 14.7. The van der Waals surface area contributed by atoms with E-state index in [1.807, 2.05) is 60.4 Å². The van der Waals surface area contributed by atoms with Crippen LogP contribution in [0.5, 0.6) is 11.5 Å². The number of ether oxygens (including phenoxy) is 2. The van der Waals surface area contributed by atoms with Crippen LogP contribution in [0.25, 0.3) is 0 Å². The van der Waals surface area contributed by atoms with Crippen LogP contribution in [0.4, 0.5) is 5.69 Å². The van der Waals surface area contributed by atoms with Crippen molar-refractivity contribution in [1.29, 1.82) is 0 Å². The van der Waals surface area contributed by atoms with Crippen molar-refractivity contribution in [1.82, 2.24) is 0 Å². The predicted octanol–water partition coefficient (Wildman–Crippen LogP) is 3.36. The summed E-state index contributed by atoms with van der Waals surface area (Å²) in [6.45, 7) is 3.03. The van der Waals surface area contributed by atoms with Gasteiger partial charge in [0.15, 0.2) is 5.75 Å². The third-order valence-electron chi connectivity index (χ3n) is 3.38. The van der Waals surface area contributed by atoms with E-state index in [-0.39, 0.29) is 12.5 Å². The number of carbonyl (C=O) groups excluding carboxylic acids is 1. The highest BCUT2D eigenvalue weighted by atomic mass is 16.5. The van der Waals surface area contributed by atoms with E-state index >= 15 is 0 Å². The molecule has 0 bridgehead atoms. The number of benzene rings is 2. The smallest absolute Gasteiger partial charge is 0.325 e. The van der Waals surface area contributed by atoms with Gasteiger partial charge in [0.2, 0.25) is 0 Å². The van der Waals surface area contributed by atoms with Crippen molar-refractivity contribution in [3.05, 3.63) is 54.1 Å². The third kappa shape index (κ3) is 2.84. The second kappa shape index (κ2) is 5.87. The van der Waals surface area contributed by atoms with Gasteiger partial charge in [0.05, 0.1) is 12.3 Å². The molecule has 0 spiro atoms. The summed E-state index contributed by atoms with van der Waals surface area (Å²) in [5.41, 5.74) is 1.96. The first-order chi connectivity index (χ1) is 10.3. The maximum absolute atomic E-state index is 11.8. The summed E-state index contributed by atoms with van der Waals surface area (Å²) in [6.07, 6.45) is 0. The first-order valence-corrected chi connectivity index (χ1v) is 7.03. The molecule has 0 unspecified atom stereocenters. The lowest BCUT2D eigenvalue weighted by Gasteiger charge is -2.22. The molecular weight excluding hydrogens is 266 g/mol. The Morgan fingerprint density at radius 2 is 1.86 bits per heavy atom. The summed E-state index contributed by atoms with van der Waals surface area (Å²) < 4.78 is 11.0. The van der Waals surface area contributed by atoms with Crippen LogP contribution in [0.2, 0.25) is 0 Å². The van der Waals surface area contributed by atoms with Gasteiger partial charge < -0.3 is 14.4 Å². The van der Waals surface area contributed by atoms with E-state index in [2.05, 4.69) is 0 Å². The molecule has 4 nitrogen and oxygen atoms in total. The molecule has 2 aromatic rings. The molecule has 0 atom stereocenters. The van der Waals surface area contributed by atoms with Gasteiger partial charge in [0, 0.05) is 12.1 Å². The number of fused-ring (bicyclic) bond motifs is 2. The molecule has 2 aromatic carbocycles. The van der Waals surface area contributed by atoms with Crippen LogP contribution in [0.15, 0.2) is 48.5 Å². The molecule has 21 heavy (non-hydrogen) atoms. The summed E-state index contributed by atoms with van der Waals surface area (Å²) in [5.74, 6) is 1.36. The second-order valence-electron chi connectivity index (χ2n) is 4.84. The lowest BCUT2D eigenvalue weighted by atomic mass is 10.2. The Bertz CT molecular complexity index is 654. The van der Waals surface area contributed by atoms with Crippen molar-refractivity contribution in [2.75, 3.05) is 18.1 Å². The number of anilines is 1. The highest BCUT2D eigenvalue weighted by Crippen LogP contribution is 2.38. The van der Waals surface area contributed by atoms with Crippen molar-refractivity contribution in [3.8, 4) is 11.5 Å². The quantitative estimate of drug-likeness (QED) is 0.810. The Hall–Kier alpha value is -2.49. The molecule has 0 fully saturated rings. The fourth-order valence-corrected chi connectivity index (χ4v) is 2.45. The average Bonchev–Trinajstić information content (AvgIpc) is 2.64. The van der Waals surface area contributed by atoms with Crippen molar-refractivity contribution < 1.29 is 14.3 Å². The summed E-state index contributed by atoms with van der Waals surface area (Å²) in [7, 11) is 0. The van der Waals surface area contributed by atoms with E-state index in [9.17, 15) is 4.79 Å². The average molecular weight is 283 g/mol. The van der Waals surface area contributed by atoms with E-state index in [0.29, 0.717) is 13.2 Å². The molecule has 0 aromatic heterocycles. The van der Waals surface area contributed by atoms with Gasteiger partial charge in [0.25, 0.3) is 0 Å². The second-order valence-corrected chi connectivity index (χ2v) is 4.84. The Morgan fingerprint density at radius 3 is 2.67 bits per heavy atom. The van der Waals surface area contributed by atoms with E-state index < -0.39 is 0 Å². The molecule has 0 N–H and O–H groups in total. The van der Waals surface area contributed by atoms with Gasteiger partial charge in [0.1, 0.15) is 12.3 Å². The van der Waals surface area contributed by atoms with Gasteiger partial charge in [-0.05, 0) is 25.1 Å². The minimum atomic E-state index is -0.230. The van der Waals surface area contributed by atoms with E-state index in [1.165, 1.54) is 0 Å². The van der Waals surface area contributed by atoms with Gasteiger partial charge in [-0.2, -0.15) is 0 Å². The molecule has 1 aliphatic rings. The Balaban J connectivity index is 1.97. The summed E-state index contributed by atoms with van der Waals surface area (Å²) >= 11 is 0. The topological polar surface area (TPSA) is 38.8 Å². The molecule has 0 amide bonds. The fraction of sp³-hybridized carbons (Fsp3) is 0.235. The first-order valence-electron chi connectivity index (χ1n) is 7.03.